The molecule has 1 amide bonds. The van der Waals surface area contributed by atoms with Gasteiger partial charge in [-0.2, -0.15) is 8.42 Å². The van der Waals surface area contributed by atoms with Crippen molar-refractivity contribution in [1.29, 1.82) is 0 Å². The molecule has 0 aliphatic rings. The van der Waals surface area contributed by atoms with E-state index in [1.54, 1.807) is 6.07 Å². The Morgan fingerprint density at radius 1 is 1.10 bits per heavy atom. The predicted octanol–water partition coefficient (Wildman–Crippen LogP) is 2.78. The minimum atomic E-state index is -4.20. The molecule has 2 rings (SSSR count). The summed E-state index contributed by atoms with van der Waals surface area (Å²) in [5, 5.41) is 0.364. The van der Waals surface area contributed by atoms with Gasteiger partial charge in [-0.15, -0.1) is 0 Å². The van der Waals surface area contributed by atoms with Crippen LogP contribution < -0.4 is 4.18 Å². The van der Waals surface area contributed by atoms with Crippen LogP contribution in [0.25, 0.3) is 0 Å². The van der Waals surface area contributed by atoms with Gasteiger partial charge in [0.05, 0.1) is 0 Å². The summed E-state index contributed by atoms with van der Waals surface area (Å²) in [5.74, 6) is -0.787. The predicted molar refractivity (Wildman–Crippen MR) is 112 cm³/mol. The Morgan fingerprint density at radius 2 is 1.77 bits per heavy atom. The van der Waals surface area contributed by atoms with Crippen molar-refractivity contribution in [3.05, 3.63) is 58.9 Å². The van der Waals surface area contributed by atoms with Crippen molar-refractivity contribution in [3.63, 3.8) is 0 Å². The Hall–Kier alpha value is -2.20. The molecule has 10 heteroatoms. The second kappa shape index (κ2) is 10.7. The molecule has 2 aromatic carbocycles. The molecule has 0 aliphatic heterocycles. The lowest BCUT2D eigenvalue weighted by atomic mass is 10.2. The number of methoxy groups -OCH3 is 1. The summed E-state index contributed by atoms with van der Waals surface area (Å²) >= 11 is 6.09. The van der Waals surface area contributed by atoms with Gasteiger partial charge in [0.1, 0.15) is 23.1 Å². The van der Waals surface area contributed by atoms with Gasteiger partial charge in [0, 0.05) is 37.3 Å². The number of amides is 1. The maximum absolute atomic E-state index is 13.1. The van der Waals surface area contributed by atoms with Gasteiger partial charge in [-0.25, -0.2) is 4.39 Å². The maximum Gasteiger partial charge on any atom is 0.339 e. The van der Waals surface area contributed by atoms with Crippen molar-refractivity contribution in [3.8, 4) is 5.75 Å². The van der Waals surface area contributed by atoms with Crippen LogP contribution in [0.4, 0.5) is 4.39 Å². The second-order valence-corrected chi connectivity index (χ2v) is 8.78. The maximum atomic E-state index is 13.1. The molecule has 0 saturated carbocycles. The van der Waals surface area contributed by atoms with Crippen molar-refractivity contribution in [2.45, 2.75) is 11.4 Å². The zero-order valence-corrected chi connectivity index (χ0v) is 18.5. The minimum absolute atomic E-state index is 0.0313. The molecule has 0 fully saturated rings. The number of carbonyl (C=O) groups is 1. The highest BCUT2D eigenvalue weighted by atomic mass is 35.5. The summed E-state index contributed by atoms with van der Waals surface area (Å²) in [7, 11) is 0.973. The average molecular weight is 459 g/mol. The normalized spacial score (nSPS) is 11.5. The van der Waals surface area contributed by atoms with Crippen LogP contribution in [0.1, 0.15) is 5.56 Å². The Labute approximate surface area is 181 Å². The van der Waals surface area contributed by atoms with Crippen LogP contribution in [0.3, 0.4) is 0 Å². The number of carbonyl (C=O) groups excluding carboxylic acids is 1. The van der Waals surface area contributed by atoms with Crippen molar-refractivity contribution >= 4 is 27.6 Å². The number of benzene rings is 2. The highest BCUT2D eigenvalue weighted by Crippen LogP contribution is 2.27. The fourth-order valence-corrected chi connectivity index (χ4v) is 3.71. The summed E-state index contributed by atoms with van der Waals surface area (Å²) in [6.07, 6.45) is 0. The van der Waals surface area contributed by atoms with Crippen molar-refractivity contribution in [1.82, 2.24) is 9.80 Å². The fraction of sp³-hybridized carbons (Fsp3) is 0.350. The van der Waals surface area contributed by atoms with Crippen molar-refractivity contribution < 1.29 is 26.5 Å². The highest BCUT2D eigenvalue weighted by Gasteiger charge is 2.21. The molecule has 0 spiro atoms. The third kappa shape index (κ3) is 6.94. The van der Waals surface area contributed by atoms with Gasteiger partial charge in [-0.05, 0) is 56.6 Å². The van der Waals surface area contributed by atoms with Gasteiger partial charge >= 0.3 is 10.1 Å². The van der Waals surface area contributed by atoms with Gasteiger partial charge in [-0.3, -0.25) is 4.79 Å². The Balaban J connectivity index is 2.32. The summed E-state index contributed by atoms with van der Waals surface area (Å²) in [6, 6.07) is 8.75. The Bertz CT molecular complexity index is 968. The van der Waals surface area contributed by atoms with E-state index < -0.39 is 15.9 Å². The molecule has 0 aromatic heterocycles. The lowest BCUT2D eigenvalue weighted by molar-refractivity contribution is -0.135. The van der Waals surface area contributed by atoms with Gasteiger partial charge in [-0.1, -0.05) is 11.6 Å². The lowest BCUT2D eigenvalue weighted by Crippen LogP contribution is -2.38. The first-order valence-electron chi connectivity index (χ1n) is 9.02. The van der Waals surface area contributed by atoms with Crippen molar-refractivity contribution in [2.75, 3.05) is 40.9 Å². The third-order valence-corrected chi connectivity index (χ3v) is 5.61. The first kappa shape index (κ1) is 24.1. The first-order chi connectivity index (χ1) is 14.1. The van der Waals surface area contributed by atoms with Gasteiger partial charge in [0.2, 0.25) is 5.91 Å². The number of likely N-dealkylation sites (N-methyl/N-ethyl adjacent to an activating group) is 1. The summed E-state index contributed by atoms with van der Waals surface area (Å²) in [6.45, 7) is 0.953. The molecule has 0 unspecified atom stereocenters. The van der Waals surface area contributed by atoms with E-state index in [1.807, 2.05) is 19.0 Å². The monoisotopic (exact) mass is 458 g/mol. The van der Waals surface area contributed by atoms with Gasteiger partial charge in [0.15, 0.2) is 0 Å². The molecule has 0 saturated heterocycles. The summed E-state index contributed by atoms with van der Waals surface area (Å²) < 4.78 is 48.6. The van der Waals surface area contributed by atoms with E-state index in [2.05, 4.69) is 0 Å². The van der Waals surface area contributed by atoms with Crippen LogP contribution in [-0.2, 0) is 26.2 Å². The summed E-state index contributed by atoms with van der Waals surface area (Å²) in [5.41, 5.74) is 0.413. The van der Waals surface area contributed by atoms with Crippen LogP contribution >= 0.6 is 11.6 Å². The fourth-order valence-electron chi connectivity index (χ4n) is 2.55. The minimum Gasteiger partial charge on any atom is -0.379 e. The number of hydrogen-bond donors (Lipinski definition) is 0. The Kier molecular flexibility index (Phi) is 8.60. The van der Waals surface area contributed by atoms with Gasteiger partial charge < -0.3 is 18.7 Å². The molecule has 0 atom stereocenters. The lowest BCUT2D eigenvalue weighted by Gasteiger charge is -2.25. The number of nitrogens with zero attached hydrogens (tertiary/aromatic N) is 2. The molecule has 7 nitrogen and oxygen atoms in total. The van der Waals surface area contributed by atoms with E-state index in [1.165, 1.54) is 24.1 Å². The molecule has 30 heavy (non-hydrogen) atoms. The molecule has 0 heterocycles. The van der Waals surface area contributed by atoms with E-state index in [0.29, 0.717) is 23.7 Å². The van der Waals surface area contributed by atoms with E-state index in [4.69, 9.17) is 20.5 Å². The van der Waals surface area contributed by atoms with Crippen molar-refractivity contribution in [2.24, 2.45) is 0 Å². The molecule has 164 valence electrons. The zero-order valence-electron chi connectivity index (χ0n) is 17.0. The van der Waals surface area contributed by atoms with Crippen LogP contribution in [0.2, 0.25) is 5.02 Å². The number of halogens is 2. The Morgan fingerprint density at radius 3 is 2.37 bits per heavy atom. The highest BCUT2D eigenvalue weighted by molar-refractivity contribution is 7.87. The largest absolute Gasteiger partial charge is 0.379 e. The number of ether oxygens (including phenoxy) is 1. The van der Waals surface area contributed by atoms with Crippen LogP contribution in [0, 0.1) is 5.82 Å². The number of rotatable bonds is 10. The molecular formula is C20H24ClFN2O5S. The molecule has 0 aliphatic carbocycles. The quantitative estimate of drug-likeness (QED) is 0.509. The van der Waals surface area contributed by atoms with Crippen LogP contribution in [0.5, 0.6) is 5.75 Å². The zero-order chi connectivity index (χ0) is 22.3. The SMILES string of the molecule is COCC(=O)N(CCN(C)C)Cc1cc(Cl)ccc1OS(=O)(=O)c1ccc(F)cc1. The molecule has 2 aromatic rings. The van der Waals surface area contributed by atoms with Gasteiger partial charge in [0.25, 0.3) is 0 Å². The van der Waals surface area contributed by atoms with Crippen LogP contribution in [0.15, 0.2) is 47.4 Å². The van der Waals surface area contributed by atoms with Crippen LogP contribution in [-0.4, -0.2) is 65.0 Å². The number of hydrogen-bond acceptors (Lipinski definition) is 6. The smallest absolute Gasteiger partial charge is 0.339 e. The van der Waals surface area contributed by atoms with E-state index >= 15 is 0 Å². The second-order valence-electron chi connectivity index (χ2n) is 6.80. The summed E-state index contributed by atoms with van der Waals surface area (Å²) in [4.78, 5) is 15.7. The topological polar surface area (TPSA) is 76.2 Å². The molecule has 0 radical (unpaired) electrons. The first-order valence-corrected chi connectivity index (χ1v) is 10.8. The van der Waals surface area contributed by atoms with E-state index in [-0.39, 0.29) is 29.7 Å². The molecule has 0 N–H and O–H groups in total. The molecule has 0 bridgehead atoms. The standard InChI is InChI=1S/C20H24ClFN2O5S/c1-23(2)10-11-24(20(25)14-28-3)13-15-12-16(21)4-9-19(15)29-30(26,27)18-7-5-17(22)6-8-18/h4-9,12H,10-11,13-14H2,1-3H3. The third-order valence-electron chi connectivity index (χ3n) is 4.12. The average Bonchev–Trinajstić information content (AvgIpc) is 2.67. The van der Waals surface area contributed by atoms with E-state index in [0.717, 1.165) is 24.3 Å². The molecular weight excluding hydrogens is 435 g/mol. The van der Waals surface area contributed by atoms with E-state index in [9.17, 15) is 17.6 Å².